The quantitative estimate of drug-likeness (QED) is 0.503. The maximum Gasteiger partial charge on any atom is 0.293 e. The zero-order valence-corrected chi connectivity index (χ0v) is 8.32. The third-order valence-corrected chi connectivity index (χ3v) is 3.51. The number of rotatable bonds is 3. The van der Waals surface area contributed by atoms with Crippen LogP contribution in [0.15, 0.2) is 0 Å². The lowest BCUT2D eigenvalue weighted by atomic mass is 9.70. The lowest BCUT2D eigenvalue weighted by molar-refractivity contribution is 0.00339. The van der Waals surface area contributed by atoms with Crippen molar-refractivity contribution in [3.05, 3.63) is 0 Å². The Morgan fingerprint density at radius 1 is 1.57 bits per heavy atom. The van der Waals surface area contributed by atoms with E-state index >= 15 is 0 Å². The first kappa shape index (κ1) is 10.1. The molecule has 2 heterocycles. The average Bonchev–Trinajstić information content (AvgIpc) is 2.19. The lowest BCUT2D eigenvalue weighted by Gasteiger charge is -2.51. The van der Waals surface area contributed by atoms with Crippen LogP contribution in [-0.4, -0.2) is 50.3 Å². The fraction of sp³-hybridized carbons (Fsp3) is 0.889. The summed E-state index contributed by atoms with van der Waals surface area (Å²) in [7, 11) is 3.29. The third-order valence-electron chi connectivity index (χ3n) is 3.51. The van der Waals surface area contributed by atoms with E-state index in [9.17, 15) is 9.18 Å². The monoisotopic (exact) mass is 197 g/mol. The van der Waals surface area contributed by atoms with Gasteiger partial charge >= 0.3 is 0 Å². The second kappa shape index (κ2) is 3.99. The van der Waals surface area contributed by atoms with Crippen LogP contribution in [0.2, 0.25) is 0 Å². The molecule has 5 heteroatoms. The number of piperidine rings is 2. The largest absolute Gasteiger partial charge is 0.334 e. The molecule has 2 bridgehead atoms. The third kappa shape index (κ3) is 1.48. The van der Waals surface area contributed by atoms with Gasteiger partial charge in [-0.1, -0.05) is 0 Å². The Hall–Kier alpha value is -0.415. The van der Waals surface area contributed by atoms with Crippen LogP contribution in [0, 0.1) is 5.92 Å². The molecule has 2 aliphatic heterocycles. The minimum absolute atomic E-state index is 0.0231. The summed E-state index contributed by atoms with van der Waals surface area (Å²) in [5, 5.41) is 3.04. The van der Waals surface area contributed by atoms with Crippen LogP contribution in [0.25, 0.3) is 0 Å². The zero-order valence-electron chi connectivity index (χ0n) is 8.32. The van der Waals surface area contributed by atoms with Crippen molar-refractivity contribution in [3.8, 4) is 0 Å². The van der Waals surface area contributed by atoms with Crippen molar-refractivity contribution in [3.63, 3.8) is 0 Å². The molecule has 14 heavy (non-hydrogen) atoms. The molecule has 2 unspecified atom stereocenters. The molecule has 0 aromatic heterocycles. The Bertz CT molecular complexity index is 227. The molecule has 2 saturated heterocycles. The summed E-state index contributed by atoms with van der Waals surface area (Å²) in [5.74, 6) is 0.344. The highest BCUT2D eigenvalue weighted by Gasteiger charge is 2.47. The van der Waals surface area contributed by atoms with E-state index in [-0.39, 0.29) is 12.1 Å². The van der Waals surface area contributed by atoms with Crippen LogP contribution in [0.3, 0.4) is 0 Å². The Balaban J connectivity index is 2.08. The van der Waals surface area contributed by atoms with Gasteiger partial charge in [0.1, 0.15) is 6.17 Å². The normalized spacial score (nSPS) is 42.4. The van der Waals surface area contributed by atoms with Gasteiger partial charge in [-0.15, -0.1) is 0 Å². The maximum atomic E-state index is 13.9. The molecule has 1 N–H and O–H groups in total. The zero-order chi connectivity index (χ0) is 10.1. The molecule has 3 fully saturated rings. The van der Waals surface area contributed by atoms with Crippen molar-refractivity contribution < 1.29 is 9.18 Å². The van der Waals surface area contributed by atoms with Gasteiger partial charge in [0.15, 0.2) is 0 Å². The number of nitrogens with zero attached hydrogens (tertiary/aromatic N) is 1. The predicted octanol–water partition coefficient (Wildman–Crippen LogP) is -0.184. The SMILES string of the molecule is CN[C@H]1C2CCC([C@@H]1F)N([B]C=O)C2. The first-order valence-corrected chi connectivity index (χ1v) is 5.13. The molecule has 0 aromatic carbocycles. The number of carbonyl (C=O) groups excluding carboxylic acids is 1. The van der Waals surface area contributed by atoms with Gasteiger partial charge in [-0.3, -0.25) is 0 Å². The van der Waals surface area contributed by atoms with E-state index in [0.29, 0.717) is 5.92 Å². The summed E-state index contributed by atoms with van der Waals surface area (Å²) in [6.07, 6.45) is 1.85. The van der Waals surface area contributed by atoms with Gasteiger partial charge < -0.3 is 14.9 Å². The van der Waals surface area contributed by atoms with Gasteiger partial charge in [0.25, 0.3) is 7.41 Å². The van der Waals surface area contributed by atoms with Gasteiger partial charge in [-0.2, -0.15) is 0 Å². The second-order valence-corrected chi connectivity index (χ2v) is 4.15. The number of hydrogen-bond donors (Lipinski definition) is 1. The van der Waals surface area contributed by atoms with Crippen molar-refractivity contribution in [2.45, 2.75) is 31.1 Å². The number of alkyl halides is 1. The fourth-order valence-electron chi connectivity index (χ4n) is 2.83. The molecule has 3 rings (SSSR count). The van der Waals surface area contributed by atoms with Gasteiger partial charge in [0.05, 0.1) is 6.19 Å². The number of halogens is 1. The average molecular weight is 197 g/mol. The summed E-state index contributed by atoms with van der Waals surface area (Å²) in [5.41, 5.74) is 0. The number of nitrogens with one attached hydrogen (secondary N) is 1. The van der Waals surface area contributed by atoms with Gasteiger partial charge in [0.2, 0.25) is 0 Å². The highest BCUT2D eigenvalue weighted by Crippen LogP contribution is 2.36. The topological polar surface area (TPSA) is 32.3 Å². The highest BCUT2D eigenvalue weighted by molar-refractivity contribution is 6.64. The Labute approximate surface area is 84.3 Å². The summed E-state index contributed by atoms with van der Waals surface area (Å²) >= 11 is 0. The van der Waals surface area contributed by atoms with E-state index in [0.717, 1.165) is 25.6 Å². The maximum absolute atomic E-state index is 13.9. The molecular formula is C9H15BFN2O. The molecule has 3 nitrogen and oxygen atoms in total. The van der Waals surface area contributed by atoms with E-state index in [1.807, 2.05) is 11.9 Å². The fourth-order valence-corrected chi connectivity index (χ4v) is 2.83. The Kier molecular flexibility index (Phi) is 2.88. The minimum atomic E-state index is -0.844. The molecule has 1 saturated carbocycles. The van der Waals surface area contributed by atoms with E-state index in [1.54, 1.807) is 0 Å². The summed E-state index contributed by atoms with van der Waals surface area (Å²) < 4.78 is 13.9. The van der Waals surface area contributed by atoms with Gasteiger partial charge in [0, 0.05) is 12.1 Å². The van der Waals surface area contributed by atoms with Crippen LogP contribution >= 0.6 is 0 Å². The van der Waals surface area contributed by atoms with Crippen LogP contribution in [-0.2, 0) is 4.79 Å². The van der Waals surface area contributed by atoms with Crippen LogP contribution in [0.5, 0.6) is 0 Å². The van der Waals surface area contributed by atoms with Crippen LogP contribution in [0.1, 0.15) is 12.8 Å². The molecule has 0 amide bonds. The first-order valence-electron chi connectivity index (χ1n) is 5.13. The predicted molar refractivity (Wildman–Crippen MR) is 53.5 cm³/mol. The van der Waals surface area contributed by atoms with Crippen molar-refractivity contribution in [1.29, 1.82) is 0 Å². The smallest absolute Gasteiger partial charge is 0.293 e. The molecule has 1 aliphatic carbocycles. The molecule has 0 aromatic rings. The van der Waals surface area contributed by atoms with E-state index < -0.39 is 6.17 Å². The molecular weight excluding hydrogens is 182 g/mol. The number of fused-ring (bicyclic) bond motifs is 3. The van der Waals surface area contributed by atoms with E-state index in [2.05, 4.69) is 5.32 Å². The van der Waals surface area contributed by atoms with Crippen LogP contribution < -0.4 is 5.32 Å². The minimum Gasteiger partial charge on any atom is -0.334 e. The van der Waals surface area contributed by atoms with E-state index in [4.69, 9.17) is 0 Å². The van der Waals surface area contributed by atoms with Gasteiger partial charge in [-0.25, -0.2) is 4.39 Å². The summed E-state index contributed by atoms with van der Waals surface area (Å²) in [6, 6.07) is -0.118. The number of hydrogen-bond acceptors (Lipinski definition) is 3. The molecule has 77 valence electrons. The van der Waals surface area contributed by atoms with Crippen molar-refractivity contribution in [2.75, 3.05) is 13.6 Å². The number of carbonyl (C=O) groups is 1. The van der Waals surface area contributed by atoms with Crippen molar-refractivity contribution in [2.24, 2.45) is 5.92 Å². The van der Waals surface area contributed by atoms with Crippen molar-refractivity contribution >= 4 is 13.6 Å². The Morgan fingerprint density at radius 2 is 2.36 bits per heavy atom. The molecule has 4 atom stereocenters. The molecule has 0 spiro atoms. The summed E-state index contributed by atoms with van der Waals surface area (Å²) in [4.78, 5) is 12.2. The van der Waals surface area contributed by atoms with E-state index in [1.165, 1.54) is 7.41 Å². The highest BCUT2D eigenvalue weighted by atomic mass is 19.1. The summed E-state index contributed by atoms with van der Waals surface area (Å²) in [6.45, 7) is 0.815. The van der Waals surface area contributed by atoms with Gasteiger partial charge in [-0.05, 0) is 32.4 Å². The first-order chi connectivity index (χ1) is 6.77. The van der Waals surface area contributed by atoms with Crippen molar-refractivity contribution in [1.82, 2.24) is 10.1 Å². The molecule has 3 aliphatic rings. The Morgan fingerprint density at radius 3 is 2.93 bits per heavy atom. The lowest BCUT2D eigenvalue weighted by Crippen LogP contribution is -2.65. The van der Waals surface area contributed by atoms with Crippen LogP contribution in [0.4, 0.5) is 4.39 Å². The molecule has 1 radical (unpaired) electrons. The standard InChI is InChI=1S/C9H15BFN2O/c1-12-9-6-2-3-7(8(9)11)13(4-6)10-5-14/h5-9,12H,2-4H2,1H3/t6?,7?,8-,9-/m0/s1. The second-order valence-electron chi connectivity index (χ2n) is 4.15.